The summed E-state index contributed by atoms with van der Waals surface area (Å²) in [6.45, 7) is 3.50. The van der Waals surface area contributed by atoms with Crippen LogP contribution < -0.4 is 14.4 Å². The van der Waals surface area contributed by atoms with Crippen molar-refractivity contribution in [3.8, 4) is 5.75 Å². The molecule has 9 heteroatoms. The third kappa shape index (κ3) is 8.26. The summed E-state index contributed by atoms with van der Waals surface area (Å²) >= 11 is 0. The predicted molar refractivity (Wildman–Crippen MR) is 173 cm³/mol. The first-order valence-corrected chi connectivity index (χ1v) is 16.1. The fraction of sp³-hybridized carbons (Fsp3) is 0.257. The van der Waals surface area contributed by atoms with Crippen molar-refractivity contribution in [3.05, 3.63) is 126 Å². The van der Waals surface area contributed by atoms with Gasteiger partial charge in [0.25, 0.3) is 10.0 Å². The number of anilines is 1. The zero-order chi connectivity index (χ0) is 31.5. The van der Waals surface area contributed by atoms with Gasteiger partial charge in [-0.2, -0.15) is 0 Å². The predicted octanol–water partition coefficient (Wildman–Crippen LogP) is 5.45. The molecule has 0 saturated carbocycles. The van der Waals surface area contributed by atoms with Crippen LogP contribution in [0.2, 0.25) is 0 Å². The van der Waals surface area contributed by atoms with Gasteiger partial charge < -0.3 is 15.0 Å². The van der Waals surface area contributed by atoms with Gasteiger partial charge in [0.05, 0.1) is 17.7 Å². The second-order valence-corrected chi connectivity index (χ2v) is 12.4. The minimum Gasteiger partial charge on any atom is -0.497 e. The molecule has 0 spiro atoms. The van der Waals surface area contributed by atoms with Crippen molar-refractivity contribution in [2.24, 2.45) is 0 Å². The average molecular weight is 614 g/mol. The molecule has 4 aromatic carbocycles. The number of nitrogens with zero attached hydrogens (tertiary/aromatic N) is 2. The number of nitrogens with one attached hydrogen (secondary N) is 1. The van der Waals surface area contributed by atoms with Gasteiger partial charge in [-0.3, -0.25) is 13.9 Å². The summed E-state index contributed by atoms with van der Waals surface area (Å²) < 4.78 is 34.4. The molecule has 44 heavy (non-hydrogen) atoms. The van der Waals surface area contributed by atoms with Crippen LogP contribution in [0.1, 0.15) is 31.4 Å². The summed E-state index contributed by atoms with van der Waals surface area (Å²) in [5, 5.41) is 3.05. The van der Waals surface area contributed by atoms with Crippen LogP contribution in [0.3, 0.4) is 0 Å². The standard InChI is InChI=1S/C35H39N3O5S/c1-4-27(2)36-35(40)33(24-28-14-8-5-9-15-28)37(25-29-16-10-6-11-17-29)34(39)26-38(30-20-22-31(43-3)23-21-30)44(41,42)32-18-12-7-13-19-32/h5-23,27,33H,4,24-26H2,1-3H3,(H,36,40)/t27-,33+/m0/s1. The quantitative estimate of drug-likeness (QED) is 0.204. The molecule has 2 atom stereocenters. The van der Waals surface area contributed by atoms with Gasteiger partial charge in [-0.15, -0.1) is 0 Å². The number of carbonyl (C=O) groups is 2. The molecule has 8 nitrogen and oxygen atoms in total. The largest absolute Gasteiger partial charge is 0.497 e. The summed E-state index contributed by atoms with van der Waals surface area (Å²) in [6, 6.07) is 32.4. The zero-order valence-corrected chi connectivity index (χ0v) is 26.1. The lowest BCUT2D eigenvalue weighted by atomic mass is 10.0. The van der Waals surface area contributed by atoms with Crippen LogP contribution in [-0.2, 0) is 32.6 Å². The first-order chi connectivity index (χ1) is 21.2. The van der Waals surface area contributed by atoms with Crippen molar-refractivity contribution in [3.63, 3.8) is 0 Å². The van der Waals surface area contributed by atoms with Crippen LogP contribution in [0.4, 0.5) is 5.69 Å². The van der Waals surface area contributed by atoms with Gasteiger partial charge in [-0.25, -0.2) is 8.42 Å². The summed E-state index contributed by atoms with van der Waals surface area (Å²) in [7, 11) is -2.63. The molecule has 0 heterocycles. The van der Waals surface area contributed by atoms with Gasteiger partial charge in [0, 0.05) is 19.0 Å². The lowest BCUT2D eigenvalue weighted by molar-refractivity contribution is -0.140. The summed E-state index contributed by atoms with van der Waals surface area (Å²) in [6.07, 6.45) is 0.979. The molecule has 0 aliphatic carbocycles. The van der Waals surface area contributed by atoms with E-state index in [1.54, 1.807) is 42.5 Å². The molecule has 0 unspecified atom stereocenters. The fourth-order valence-corrected chi connectivity index (χ4v) is 6.21. The Bertz CT molecular complexity index is 1600. The highest BCUT2D eigenvalue weighted by atomic mass is 32.2. The van der Waals surface area contributed by atoms with Crippen molar-refractivity contribution in [2.45, 2.75) is 50.2 Å². The molecular weight excluding hydrogens is 574 g/mol. The van der Waals surface area contributed by atoms with E-state index in [1.807, 2.05) is 74.5 Å². The SMILES string of the molecule is CC[C@H](C)NC(=O)[C@@H](Cc1ccccc1)N(Cc1ccccc1)C(=O)CN(c1ccc(OC)cc1)S(=O)(=O)c1ccccc1. The number of hydrogen-bond donors (Lipinski definition) is 1. The maximum Gasteiger partial charge on any atom is 0.264 e. The first-order valence-electron chi connectivity index (χ1n) is 14.6. The Morgan fingerprint density at radius 3 is 1.89 bits per heavy atom. The van der Waals surface area contributed by atoms with Gasteiger partial charge in [0.15, 0.2) is 0 Å². The lowest BCUT2D eigenvalue weighted by Crippen LogP contribution is -2.54. The Labute approximate surface area is 260 Å². The van der Waals surface area contributed by atoms with Gasteiger partial charge >= 0.3 is 0 Å². The van der Waals surface area contributed by atoms with Crippen molar-refractivity contribution >= 4 is 27.5 Å². The second-order valence-electron chi connectivity index (χ2n) is 10.6. The molecule has 0 radical (unpaired) electrons. The van der Waals surface area contributed by atoms with Gasteiger partial charge in [-0.1, -0.05) is 85.8 Å². The number of hydrogen-bond acceptors (Lipinski definition) is 5. The van der Waals surface area contributed by atoms with E-state index in [0.29, 0.717) is 11.4 Å². The number of ether oxygens (including phenoxy) is 1. The van der Waals surface area contributed by atoms with E-state index < -0.39 is 28.5 Å². The Morgan fingerprint density at radius 2 is 1.34 bits per heavy atom. The molecule has 2 amide bonds. The summed E-state index contributed by atoms with van der Waals surface area (Å²) in [4.78, 5) is 29.8. The van der Waals surface area contributed by atoms with Crippen LogP contribution in [0.15, 0.2) is 120 Å². The molecule has 0 aliphatic heterocycles. The number of methoxy groups -OCH3 is 1. The molecule has 0 saturated heterocycles. The number of sulfonamides is 1. The fourth-order valence-electron chi connectivity index (χ4n) is 4.77. The van der Waals surface area contributed by atoms with Crippen molar-refractivity contribution in [1.29, 1.82) is 0 Å². The summed E-state index contributed by atoms with van der Waals surface area (Å²) in [5.41, 5.74) is 2.00. The van der Waals surface area contributed by atoms with Crippen LogP contribution in [-0.4, -0.2) is 50.9 Å². The molecule has 230 valence electrons. The molecule has 0 aromatic heterocycles. The van der Waals surface area contributed by atoms with Crippen LogP contribution in [0, 0.1) is 0 Å². The number of benzene rings is 4. The van der Waals surface area contributed by atoms with Gasteiger partial charge in [0.1, 0.15) is 18.3 Å². The maximum atomic E-state index is 14.4. The molecule has 1 N–H and O–H groups in total. The first kappa shape index (κ1) is 32.3. The Balaban J connectivity index is 1.78. The normalized spacial score (nSPS) is 12.5. The minimum atomic E-state index is -4.16. The van der Waals surface area contributed by atoms with E-state index in [-0.39, 0.29) is 29.8 Å². The van der Waals surface area contributed by atoms with Crippen LogP contribution in [0.25, 0.3) is 0 Å². The molecule has 0 fully saturated rings. The maximum absolute atomic E-state index is 14.4. The van der Waals surface area contributed by atoms with Crippen molar-refractivity contribution in [2.75, 3.05) is 18.0 Å². The smallest absolute Gasteiger partial charge is 0.264 e. The van der Waals surface area contributed by atoms with E-state index in [0.717, 1.165) is 21.9 Å². The van der Waals surface area contributed by atoms with E-state index in [4.69, 9.17) is 4.74 Å². The Hall–Kier alpha value is -4.63. The van der Waals surface area contributed by atoms with Crippen molar-refractivity contribution < 1.29 is 22.7 Å². The highest BCUT2D eigenvalue weighted by Crippen LogP contribution is 2.27. The topological polar surface area (TPSA) is 96.0 Å². The molecule has 4 aromatic rings. The van der Waals surface area contributed by atoms with Gasteiger partial charge in [-0.05, 0) is 60.9 Å². The molecule has 0 bridgehead atoms. The highest BCUT2D eigenvalue weighted by molar-refractivity contribution is 7.92. The monoisotopic (exact) mass is 613 g/mol. The molecule has 4 rings (SSSR count). The van der Waals surface area contributed by atoms with E-state index in [2.05, 4.69) is 5.32 Å². The number of amides is 2. The number of carbonyl (C=O) groups excluding carboxylic acids is 2. The van der Waals surface area contributed by atoms with Crippen LogP contribution in [0.5, 0.6) is 5.75 Å². The van der Waals surface area contributed by atoms with Crippen molar-refractivity contribution in [1.82, 2.24) is 10.2 Å². The third-order valence-electron chi connectivity index (χ3n) is 7.44. The molecule has 0 aliphatic rings. The minimum absolute atomic E-state index is 0.0496. The molecular formula is C35H39N3O5S. The Morgan fingerprint density at radius 1 is 0.795 bits per heavy atom. The Kier molecular flexibility index (Phi) is 11.2. The second kappa shape index (κ2) is 15.2. The highest BCUT2D eigenvalue weighted by Gasteiger charge is 2.35. The van der Waals surface area contributed by atoms with Gasteiger partial charge in [0.2, 0.25) is 11.8 Å². The van der Waals surface area contributed by atoms with E-state index in [1.165, 1.54) is 24.1 Å². The average Bonchev–Trinajstić information content (AvgIpc) is 3.06. The van der Waals surface area contributed by atoms with E-state index in [9.17, 15) is 18.0 Å². The summed E-state index contributed by atoms with van der Waals surface area (Å²) in [5.74, 6) is -0.258. The third-order valence-corrected chi connectivity index (χ3v) is 9.23. The number of rotatable bonds is 14. The zero-order valence-electron chi connectivity index (χ0n) is 25.3. The van der Waals surface area contributed by atoms with Crippen LogP contribution >= 0.6 is 0 Å². The lowest BCUT2D eigenvalue weighted by Gasteiger charge is -2.34. The van der Waals surface area contributed by atoms with E-state index >= 15 is 0 Å².